The van der Waals surface area contributed by atoms with Crippen LogP contribution in [0.1, 0.15) is 37.3 Å². The predicted molar refractivity (Wildman–Crippen MR) is 104 cm³/mol. The molecule has 0 bridgehead atoms. The van der Waals surface area contributed by atoms with Gasteiger partial charge in [0.05, 0.1) is 10.8 Å². The van der Waals surface area contributed by atoms with Crippen molar-refractivity contribution in [2.24, 2.45) is 0 Å². The lowest BCUT2D eigenvalue weighted by molar-refractivity contribution is -0.119. The smallest absolute Gasteiger partial charge is 0.163 e. The molecule has 0 aliphatic heterocycles. The molecule has 2 aromatic carbocycles. The first kappa shape index (κ1) is 19.1. The normalized spacial score (nSPS) is 14.8. The maximum Gasteiger partial charge on any atom is 0.163 e. The lowest BCUT2D eigenvalue weighted by Gasteiger charge is -2.25. The van der Waals surface area contributed by atoms with Crippen LogP contribution in [0.3, 0.4) is 0 Å². The number of rotatable bonds is 8. The summed E-state index contributed by atoms with van der Waals surface area (Å²) in [5.74, 6) is 0.00658. The average Bonchev–Trinajstić information content (AvgIpc) is 2.60. The molecule has 0 aromatic heterocycles. The van der Waals surface area contributed by atoms with E-state index in [-0.39, 0.29) is 5.78 Å². The molecule has 0 amide bonds. The first-order valence-electron chi connectivity index (χ1n) is 8.22. The van der Waals surface area contributed by atoms with E-state index >= 15 is 0 Å². The molecule has 0 radical (unpaired) electrons. The highest BCUT2D eigenvalue weighted by Crippen LogP contribution is 2.35. The maximum absolute atomic E-state index is 13.1. The number of aryl methyl sites for hydroxylation is 2. The molecule has 0 aliphatic rings. The monoisotopic (exact) mass is 406 g/mol. The summed E-state index contributed by atoms with van der Waals surface area (Å²) in [6.45, 7) is 4.00. The number of ketones is 1. The third-order valence-corrected chi connectivity index (χ3v) is 7.44. The molecule has 0 saturated carbocycles. The van der Waals surface area contributed by atoms with Crippen LogP contribution < -0.4 is 0 Å². The Balaban J connectivity index is 2.17. The molecule has 0 fully saturated rings. The fourth-order valence-electron chi connectivity index (χ4n) is 2.59. The summed E-state index contributed by atoms with van der Waals surface area (Å²) < 4.78 is 12.1. The van der Waals surface area contributed by atoms with E-state index in [0.717, 1.165) is 17.5 Å². The Morgan fingerprint density at radius 2 is 1.71 bits per heavy atom. The van der Waals surface area contributed by atoms with Crippen molar-refractivity contribution in [3.05, 3.63) is 65.7 Å². The van der Waals surface area contributed by atoms with Crippen molar-refractivity contribution in [2.45, 2.75) is 48.1 Å². The van der Waals surface area contributed by atoms with Gasteiger partial charge in [-0.15, -0.1) is 0 Å². The van der Waals surface area contributed by atoms with E-state index in [0.29, 0.717) is 24.2 Å². The highest BCUT2D eigenvalue weighted by molar-refractivity contribution is 9.12. The van der Waals surface area contributed by atoms with Gasteiger partial charge in [-0.25, -0.2) is 0 Å². The van der Waals surface area contributed by atoms with E-state index in [1.807, 2.05) is 68.4 Å². The van der Waals surface area contributed by atoms with Gasteiger partial charge in [0.25, 0.3) is 0 Å². The highest BCUT2D eigenvalue weighted by Gasteiger charge is 2.41. The van der Waals surface area contributed by atoms with Crippen LogP contribution in [0.5, 0.6) is 0 Å². The fourth-order valence-corrected chi connectivity index (χ4v) is 5.21. The van der Waals surface area contributed by atoms with Crippen LogP contribution in [0.25, 0.3) is 0 Å². The summed E-state index contributed by atoms with van der Waals surface area (Å²) in [5.41, 5.74) is 2.24. The number of benzene rings is 2. The minimum absolute atomic E-state index is 0.00658. The molecule has 2 nitrogen and oxygen atoms in total. The number of hydrogen-bond donors (Lipinski definition) is 0. The minimum Gasteiger partial charge on any atom is -0.297 e. The number of hydrogen-bond acceptors (Lipinski definition) is 2. The van der Waals surface area contributed by atoms with Gasteiger partial charge >= 0.3 is 0 Å². The standard InChI is InChI=1S/C20H23BrO2S/c1-3-15-20(21,24(23)18-12-9-16(2)10-13-18)19(22)14-11-17-7-5-4-6-8-17/h4-10,12-13H,3,11,14-15H2,1-2H3. The second-order valence-corrected chi connectivity index (χ2v) is 9.55. The van der Waals surface area contributed by atoms with Crippen molar-refractivity contribution in [2.75, 3.05) is 0 Å². The molecule has 24 heavy (non-hydrogen) atoms. The number of halogens is 1. The topological polar surface area (TPSA) is 34.1 Å². The van der Waals surface area contributed by atoms with Crippen molar-refractivity contribution >= 4 is 32.5 Å². The molecule has 128 valence electrons. The van der Waals surface area contributed by atoms with Crippen LogP contribution in [-0.2, 0) is 22.0 Å². The molecule has 2 rings (SSSR count). The molecule has 2 unspecified atom stereocenters. The van der Waals surface area contributed by atoms with Crippen LogP contribution in [0, 0.1) is 6.92 Å². The number of alkyl halides is 1. The van der Waals surface area contributed by atoms with Crippen LogP contribution in [0.4, 0.5) is 0 Å². The Bertz CT molecular complexity index is 697. The van der Waals surface area contributed by atoms with Gasteiger partial charge in [0, 0.05) is 11.3 Å². The van der Waals surface area contributed by atoms with Gasteiger partial charge in [-0.2, -0.15) is 0 Å². The summed E-state index contributed by atoms with van der Waals surface area (Å²) in [4.78, 5) is 13.6. The van der Waals surface area contributed by atoms with Crippen molar-refractivity contribution in [3.63, 3.8) is 0 Å². The Morgan fingerprint density at radius 1 is 1.08 bits per heavy atom. The van der Waals surface area contributed by atoms with E-state index in [1.54, 1.807) is 0 Å². The molecule has 2 atom stereocenters. The van der Waals surface area contributed by atoms with Gasteiger partial charge in [-0.05, 0) is 37.5 Å². The van der Waals surface area contributed by atoms with Gasteiger partial charge < -0.3 is 0 Å². The summed E-state index contributed by atoms with van der Waals surface area (Å²) in [5, 5.41) is 0. The van der Waals surface area contributed by atoms with Crippen LogP contribution in [0.2, 0.25) is 0 Å². The first-order valence-corrected chi connectivity index (χ1v) is 10.2. The van der Waals surface area contributed by atoms with Gasteiger partial charge in [0.15, 0.2) is 9.44 Å². The Labute approximate surface area is 155 Å². The Morgan fingerprint density at radius 3 is 2.29 bits per heavy atom. The van der Waals surface area contributed by atoms with Crippen LogP contribution in [-0.4, -0.2) is 13.6 Å². The molecule has 2 aromatic rings. The van der Waals surface area contributed by atoms with Crippen LogP contribution in [0.15, 0.2) is 59.5 Å². The van der Waals surface area contributed by atoms with Crippen molar-refractivity contribution < 1.29 is 9.00 Å². The zero-order chi connectivity index (χ0) is 17.6. The SMILES string of the molecule is CCCC(Br)(C(=O)CCc1ccccc1)S(=O)c1ccc(C)cc1. The third-order valence-electron chi connectivity index (χ3n) is 4.00. The lowest BCUT2D eigenvalue weighted by atomic mass is 10.0. The fraction of sp³-hybridized carbons (Fsp3) is 0.350. The van der Waals surface area contributed by atoms with E-state index in [2.05, 4.69) is 15.9 Å². The average molecular weight is 407 g/mol. The Kier molecular flexibility index (Phi) is 6.93. The molecule has 0 N–H and O–H groups in total. The van der Waals surface area contributed by atoms with Crippen LogP contribution >= 0.6 is 15.9 Å². The Hall–Kier alpha value is -1.26. The lowest BCUT2D eigenvalue weighted by Crippen LogP contribution is -2.37. The van der Waals surface area contributed by atoms with E-state index < -0.39 is 14.5 Å². The number of Topliss-reactive ketones (excluding diaryl/α,β-unsaturated/α-hetero) is 1. The molecule has 0 heterocycles. The quantitative estimate of drug-likeness (QED) is 0.564. The van der Waals surface area contributed by atoms with Gasteiger partial charge in [0.1, 0.15) is 0 Å². The molecule has 0 saturated heterocycles. The molecular weight excluding hydrogens is 384 g/mol. The van der Waals surface area contributed by atoms with Crippen molar-refractivity contribution in [1.82, 2.24) is 0 Å². The van der Waals surface area contributed by atoms with Crippen molar-refractivity contribution in [1.29, 1.82) is 0 Å². The largest absolute Gasteiger partial charge is 0.297 e. The van der Waals surface area contributed by atoms with E-state index in [4.69, 9.17) is 0 Å². The van der Waals surface area contributed by atoms with Gasteiger partial charge in [-0.1, -0.05) is 77.3 Å². The summed E-state index contributed by atoms with van der Waals surface area (Å²) in [6.07, 6.45) is 2.40. The molecule has 0 spiro atoms. The summed E-state index contributed by atoms with van der Waals surface area (Å²) >= 11 is 3.56. The number of carbonyl (C=O) groups is 1. The summed E-state index contributed by atoms with van der Waals surface area (Å²) in [7, 11) is -1.42. The number of carbonyl (C=O) groups excluding carboxylic acids is 1. The second-order valence-electron chi connectivity index (χ2n) is 5.97. The summed E-state index contributed by atoms with van der Waals surface area (Å²) in [6, 6.07) is 17.5. The zero-order valence-electron chi connectivity index (χ0n) is 14.1. The zero-order valence-corrected chi connectivity index (χ0v) is 16.5. The van der Waals surface area contributed by atoms with E-state index in [9.17, 15) is 9.00 Å². The maximum atomic E-state index is 13.1. The first-order chi connectivity index (χ1) is 11.5. The van der Waals surface area contributed by atoms with E-state index in [1.165, 1.54) is 0 Å². The predicted octanol–water partition coefficient (Wildman–Crippen LogP) is 5.20. The third kappa shape index (κ3) is 4.64. The molecule has 4 heteroatoms. The highest BCUT2D eigenvalue weighted by atomic mass is 79.9. The van der Waals surface area contributed by atoms with Gasteiger partial charge in [-0.3, -0.25) is 9.00 Å². The van der Waals surface area contributed by atoms with Gasteiger partial charge in [0.2, 0.25) is 0 Å². The minimum atomic E-state index is -1.42. The van der Waals surface area contributed by atoms with Crippen molar-refractivity contribution in [3.8, 4) is 0 Å². The second kappa shape index (κ2) is 8.72. The molecular formula is C20H23BrO2S. The molecule has 0 aliphatic carbocycles.